The van der Waals surface area contributed by atoms with E-state index in [0.29, 0.717) is 11.5 Å². The number of aliphatic imine (C=N–C) groups is 1. The number of carbonyl (C=O) groups excluding carboxylic acids is 1. The fourth-order valence-corrected chi connectivity index (χ4v) is 4.11. The van der Waals surface area contributed by atoms with E-state index in [1.807, 2.05) is 30.3 Å². The third-order valence-corrected chi connectivity index (χ3v) is 5.94. The highest BCUT2D eigenvalue weighted by Crippen LogP contribution is 2.29. The number of hydrogen-bond donors (Lipinski definition) is 3. The Morgan fingerprint density at radius 3 is 2.84 bits per heavy atom. The van der Waals surface area contributed by atoms with Gasteiger partial charge in [0.05, 0.1) is 0 Å². The zero-order valence-electron chi connectivity index (χ0n) is 18.5. The van der Waals surface area contributed by atoms with Gasteiger partial charge in [-0.2, -0.15) is 0 Å². The molecule has 1 heterocycles. The Bertz CT molecular complexity index is 930. The summed E-state index contributed by atoms with van der Waals surface area (Å²) in [4.78, 5) is 18.5. The SMILES string of the molecule is CN=C(NCCc1cccc(C(=O)NC)c1)NCC1CCN(c2cc(Cl)ccc2C)C1. The van der Waals surface area contributed by atoms with E-state index in [1.54, 1.807) is 14.1 Å². The second-order valence-electron chi connectivity index (χ2n) is 7.94. The minimum atomic E-state index is -0.0640. The molecule has 0 saturated carbocycles. The lowest BCUT2D eigenvalue weighted by atomic mass is 10.1. The van der Waals surface area contributed by atoms with Crippen molar-refractivity contribution < 1.29 is 4.79 Å². The number of anilines is 1. The van der Waals surface area contributed by atoms with Crippen LogP contribution in [0.25, 0.3) is 0 Å². The van der Waals surface area contributed by atoms with Crippen LogP contribution in [-0.4, -0.2) is 52.1 Å². The summed E-state index contributed by atoms with van der Waals surface area (Å²) in [7, 11) is 3.43. The van der Waals surface area contributed by atoms with Gasteiger partial charge < -0.3 is 20.9 Å². The molecule has 1 fully saturated rings. The molecule has 0 spiro atoms. The van der Waals surface area contributed by atoms with Gasteiger partial charge >= 0.3 is 0 Å². The second-order valence-corrected chi connectivity index (χ2v) is 8.38. The Balaban J connectivity index is 1.44. The first kappa shape index (κ1) is 22.9. The van der Waals surface area contributed by atoms with E-state index >= 15 is 0 Å². The number of guanidine groups is 1. The molecular formula is C24H32ClN5O. The molecule has 2 aromatic rings. The van der Waals surface area contributed by atoms with Gasteiger partial charge in [0, 0.05) is 56.5 Å². The number of carbonyl (C=O) groups is 1. The number of benzene rings is 2. The van der Waals surface area contributed by atoms with E-state index in [1.165, 1.54) is 11.3 Å². The molecule has 1 saturated heterocycles. The molecule has 1 aliphatic heterocycles. The Morgan fingerprint density at radius 2 is 2.06 bits per heavy atom. The van der Waals surface area contributed by atoms with Crippen molar-refractivity contribution in [3.05, 3.63) is 64.2 Å². The van der Waals surface area contributed by atoms with Crippen molar-refractivity contribution in [3.63, 3.8) is 0 Å². The highest BCUT2D eigenvalue weighted by atomic mass is 35.5. The summed E-state index contributed by atoms with van der Waals surface area (Å²) in [5, 5.41) is 10.3. The van der Waals surface area contributed by atoms with Gasteiger partial charge in [0.15, 0.2) is 5.96 Å². The maximum absolute atomic E-state index is 11.8. The molecule has 31 heavy (non-hydrogen) atoms. The molecular weight excluding hydrogens is 410 g/mol. The van der Waals surface area contributed by atoms with Crippen LogP contribution in [0.1, 0.15) is 27.9 Å². The summed E-state index contributed by atoms with van der Waals surface area (Å²) in [6.45, 7) is 5.81. The molecule has 3 rings (SSSR count). The first-order chi connectivity index (χ1) is 15.0. The summed E-state index contributed by atoms with van der Waals surface area (Å²) >= 11 is 6.19. The third-order valence-electron chi connectivity index (χ3n) is 5.70. The smallest absolute Gasteiger partial charge is 0.251 e. The highest BCUT2D eigenvalue weighted by molar-refractivity contribution is 6.30. The summed E-state index contributed by atoms with van der Waals surface area (Å²) in [6, 6.07) is 13.8. The molecule has 0 radical (unpaired) electrons. The van der Waals surface area contributed by atoms with E-state index < -0.39 is 0 Å². The summed E-state index contributed by atoms with van der Waals surface area (Å²) in [5.74, 6) is 1.30. The zero-order chi connectivity index (χ0) is 22.2. The maximum atomic E-state index is 11.8. The largest absolute Gasteiger partial charge is 0.371 e. The van der Waals surface area contributed by atoms with Gasteiger partial charge in [0.25, 0.3) is 5.91 Å². The van der Waals surface area contributed by atoms with Crippen molar-refractivity contribution in [1.82, 2.24) is 16.0 Å². The average Bonchev–Trinajstić information content (AvgIpc) is 3.26. The number of nitrogens with one attached hydrogen (secondary N) is 3. The van der Waals surface area contributed by atoms with Gasteiger partial charge in [-0.3, -0.25) is 9.79 Å². The van der Waals surface area contributed by atoms with Crippen LogP contribution in [-0.2, 0) is 6.42 Å². The molecule has 7 heteroatoms. The lowest BCUT2D eigenvalue weighted by molar-refractivity contribution is 0.0963. The van der Waals surface area contributed by atoms with E-state index in [9.17, 15) is 4.79 Å². The van der Waals surface area contributed by atoms with Crippen molar-refractivity contribution in [2.24, 2.45) is 10.9 Å². The molecule has 1 aliphatic rings. The van der Waals surface area contributed by atoms with Gasteiger partial charge in [0.1, 0.15) is 0 Å². The monoisotopic (exact) mass is 441 g/mol. The van der Waals surface area contributed by atoms with Crippen LogP contribution >= 0.6 is 11.6 Å². The standard InChI is InChI=1S/C24H32ClN5O/c1-17-7-8-21(25)14-22(17)30-12-10-19(16-30)15-29-24(27-3)28-11-9-18-5-4-6-20(13-18)23(31)26-2/h4-8,13-14,19H,9-12,15-16H2,1-3H3,(H,26,31)(H2,27,28,29). The Kier molecular flexibility index (Phi) is 8.18. The molecule has 1 unspecified atom stereocenters. The van der Waals surface area contributed by atoms with Gasteiger partial charge in [0.2, 0.25) is 0 Å². The summed E-state index contributed by atoms with van der Waals surface area (Å²) < 4.78 is 0. The fraction of sp³-hybridized carbons (Fsp3) is 0.417. The number of amides is 1. The topological polar surface area (TPSA) is 68.8 Å². The third kappa shape index (κ3) is 6.37. The number of aryl methyl sites for hydroxylation is 1. The van der Waals surface area contributed by atoms with Crippen molar-refractivity contribution in [2.45, 2.75) is 19.8 Å². The minimum Gasteiger partial charge on any atom is -0.371 e. The lowest BCUT2D eigenvalue weighted by Gasteiger charge is -2.21. The van der Waals surface area contributed by atoms with Crippen LogP contribution < -0.4 is 20.9 Å². The van der Waals surface area contributed by atoms with Crippen LogP contribution in [0.3, 0.4) is 0 Å². The molecule has 6 nitrogen and oxygen atoms in total. The van der Waals surface area contributed by atoms with Gasteiger partial charge in [-0.25, -0.2) is 0 Å². The summed E-state index contributed by atoms with van der Waals surface area (Å²) in [5.41, 5.74) is 4.29. The molecule has 166 valence electrons. The predicted molar refractivity (Wildman–Crippen MR) is 129 cm³/mol. The average molecular weight is 442 g/mol. The number of halogens is 1. The first-order valence-electron chi connectivity index (χ1n) is 10.8. The predicted octanol–water partition coefficient (Wildman–Crippen LogP) is 3.24. The number of nitrogens with zero attached hydrogens (tertiary/aromatic N) is 2. The quantitative estimate of drug-likeness (QED) is 0.455. The lowest BCUT2D eigenvalue weighted by Crippen LogP contribution is -2.41. The van der Waals surface area contributed by atoms with Crippen molar-refractivity contribution in [3.8, 4) is 0 Å². The van der Waals surface area contributed by atoms with Crippen LogP contribution in [0.4, 0.5) is 5.69 Å². The molecule has 0 bridgehead atoms. The van der Waals surface area contributed by atoms with E-state index in [-0.39, 0.29) is 5.91 Å². The fourth-order valence-electron chi connectivity index (χ4n) is 3.94. The molecule has 1 amide bonds. The van der Waals surface area contributed by atoms with Gasteiger partial charge in [-0.15, -0.1) is 0 Å². The van der Waals surface area contributed by atoms with Crippen LogP contribution in [0.5, 0.6) is 0 Å². The van der Waals surface area contributed by atoms with Crippen LogP contribution in [0, 0.1) is 12.8 Å². The Labute approximate surface area is 190 Å². The zero-order valence-corrected chi connectivity index (χ0v) is 19.3. The van der Waals surface area contributed by atoms with Crippen molar-refractivity contribution in [1.29, 1.82) is 0 Å². The van der Waals surface area contributed by atoms with E-state index in [0.717, 1.165) is 55.6 Å². The van der Waals surface area contributed by atoms with Crippen LogP contribution in [0.2, 0.25) is 5.02 Å². The van der Waals surface area contributed by atoms with Crippen molar-refractivity contribution >= 4 is 29.2 Å². The number of rotatable bonds is 7. The molecule has 3 N–H and O–H groups in total. The summed E-state index contributed by atoms with van der Waals surface area (Å²) in [6.07, 6.45) is 1.96. The normalized spacial score (nSPS) is 16.3. The minimum absolute atomic E-state index is 0.0640. The van der Waals surface area contributed by atoms with E-state index in [4.69, 9.17) is 11.6 Å². The van der Waals surface area contributed by atoms with Crippen LogP contribution in [0.15, 0.2) is 47.5 Å². The Morgan fingerprint density at radius 1 is 1.23 bits per heavy atom. The molecule has 0 aliphatic carbocycles. The number of hydrogen-bond acceptors (Lipinski definition) is 3. The van der Waals surface area contributed by atoms with Gasteiger partial charge in [-0.05, 0) is 61.1 Å². The second kappa shape index (κ2) is 11.0. The molecule has 2 aromatic carbocycles. The highest BCUT2D eigenvalue weighted by Gasteiger charge is 2.24. The Hall–Kier alpha value is -2.73. The van der Waals surface area contributed by atoms with E-state index in [2.05, 4.69) is 44.9 Å². The van der Waals surface area contributed by atoms with Crippen molar-refractivity contribution in [2.75, 3.05) is 45.2 Å². The molecule has 1 atom stereocenters. The first-order valence-corrected chi connectivity index (χ1v) is 11.1. The maximum Gasteiger partial charge on any atom is 0.251 e. The van der Waals surface area contributed by atoms with Gasteiger partial charge in [-0.1, -0.05) is 29.8 Å². The molecule has 0 aromatic heterocycles.